The molecule has 0 aromatic rings. The normalized spacial score (nSPS) is 14.5. The van der Waals surface area contributed by atoms with Crippen molar-refractivity contribution in [1.29, 1.82) is 0 Å². The van der Waals surface area contributed by atoms with E-state index in [1.165, 1.54) is 71.1 Å². The summed E-state index contributed by atoms with van der Waals surface area (Å²) in [5.41, 5.74) is 0. The number of unbranched alkanes of at least 4 members (excludes halogenated alkanes) is 5. The minimum absolute atomic E-state index is 0.309. The molecule has 1 atom stereocenters. The Kier molecular flexibility index (Phi) is 15.6. The molecule has 0 aliphatic heterocycles. The van der Waals surface area contributed by atoms with Gasteiger partial charge in [-0.05, 0) is 0 Å². The average Bonchev–Trinajstić information content (AvgIpc) is 2.57. The molecule has 142 valence electrons. The van der Waals surface area contributed by atoms with Gasteiger partial charge in [-0.15, -0.1) is 0 Å². The molecule has 0 saturated carbocycles. The van der Waals surface area contributed by atoms with Crippen LogP contribution in [0, 0.1) is 0 Å². The Morgan fingerprint density at radius 2 is 1.29 bits per heavy atom. The van der Waals surface area contributed by atoms with E-state index in [1.54, 1.807) is 3.59 Å². The Morgan fingerprint density at radius 1 is 0.833 bits per heavy atom. The van der Waals surface area contributed by atoms with E-state index in [2.05, 4.69) is 45.9 Å². The van der Waals surface area contributed by atoms with Crippen LogP contribution in [0.1, 0.15) is 92.4 Å². The summed E-state index contributed by atoms with van der Waals surface area (Å²) in [7, 11) is 0. The fourth-order valence-electron chi connectivity index (χ4n) is 3.55. The zero-order chi connectivity index (χ0) is 18.3. The monoisotopic (exact) mass is 444 g/mol. The molecule has 0 aliphatic carbocycles. The van der Waals surface area contributed by atoms with E-state index in [-0.39, 0.29) is 6.10 Å². The summed E-state index contributed by atoms with van der Waals surface area (Å²) in [5.74, 6) is 0. The van der Waals surface area contributed by atoms with Gasteiger partial charge in [0.1, 0.15) is 0 Å². The molecule has 24 heavy (non-hydrogen) atoms. The fourth-order valence-corrected chi connectivity index (χ4v) is 20.0. The second-order valence-corrected chi connectivity index (χ2v) is 20.7. The van der Waals surface area contributed by atoms with Crippen LogP contribution < -0.4 is 0 Å². The topological polar surface area (TPSA) is 20.2 Å². The predicted molar refractivity (Wildman–Crippen MR) is 113 cm³/mol. The molecule has 1 nitrogen and oxygen atoms in total. The van der Waals surface area contributed by atoms with E-state index in [0.29, 0.717) is 0 Å². The first-order valence-corrected chi connectivity index (χ1v) is 18.1. The standard InChI is InChI=1S/C10H17O.3C4H9.Sn/c1-3-4-5-6-7-8-9-10(2)11;3*1-3-4-2;/h6-7,9-11H,3-5H2,1-2H3;3*1,3-4H2,2H3;/b7-6-,9-8?;;;;. The van der Waals surface area contributed by atoms with Crippen LogP contribution in [0.25, 0.3) is 0 Å². The predicted octanol–water partition coefficient (Wildman–Crippen LogP) is 7.43. The van der Waals surface area contributed by atoms with E-state index in [9.17, 15) is 5.11 Å². The van der Waals surface area contributed by atoms with Gasteiger partial charge >= 0.3 is 157 Å². The van der Waals surface area contributed by atoms with Gasteiger partial charge in [-0.3, -0.25) is 0 Å². The van der Waals surface area contributed by atoms with Crippen LogP contribution in [0.3, 0.4) is 0 Å². The van der Waals surface area contributed by atoms with Crippen molar-refractivity contribution >= 4 is 18.4 Å². The van der Waals surface area contributed by atoms with Gasteiger partial charge < -0.3 is 0 Å². The first-order valence-electron chi connectivity index (χ1n) is 10.6. The zero-order valence-electron chi connectivity index (χ0n) is 17.2. The minimum atomic E-state index is -2.40. The molecule has 0 rings (SSSR count). The summed E-state index contributed by atoms with van der Waals surface area (Å²) in [6.45, 7) is 11.2. The van der Waals surface area contributed by atoms with Crippen molar-refractivity contribution in [2.45, 2.75) is 112 Å². The van der Waals surface area contributed by atoms with E-state index in [1.807, 2.05) is 6.92 Å². The number of rotatable bonds is 15. The van der Waals surface area contributed by atoms with Crippen LogP contribution >= 0.6 is 0 Å². The fraction of sp³-hybridized carbons (Fsp3) is 0.818. The number of hydrogen-bond donors (Lipinski definition) is 1. The zero-order valence-corrected chi connectivity index (χ0v) is 20.1. The summed E-state index contributed by atoms with van der Waals surface area (Å²) in [6, 6.07) is 0. The summed E-state index contributed by atoms with van der Waals surface area (Å²) >= 11 is -2.40. The van der Waals surface area contributed by atoms with Crippen molar-refractivity contribution in [2.75, 3.05) is 0 Å². The maximum absolute atomic E-state index is 10.1. The Labute approximate surface area is 156 Å². The van der Waals surface area contributed by atoms with Crippen LogP contribution in [0.4, 0.5) is 0 Å². The van der Waals surface area contributed by atoms with Gasteiger partial charge in [0.25, 0.3) is 0 Å². The van der Waals surface area contributed by atoms with E-state index in [4.69, 9.17) is 0 Å². The van der Waals surface area contributed by atoms with Crippen LogP contribution in [0.2, 0.25) is 13.3 Å². The second kappa shape index (κ2) is 15.5. The van der Waals surface area contributed by atoms with Crippen molar-refractivity contribution in [3.8, 4) is 0 Å². The van der Waals surface area contributed by atoms with Gasteiger partial charge in [0.2, 0.25) is 0 Å². The third-order valence-electron chi connectivity index (χ3n) is 5.08. The molecule has 0 spiro atoms. The molecule has 0 saturated heterocycles. The molecule has 0 aliphatic rings. The maximum atomic E-state index is 10.1. The first kappa shape index (κ1) is 24.2. The van der Waals surface area contributed by atoms with E-state index >= 15 is 0 Å². The molecule has 0 aromatic carbocycles. The molecule has 0 radical (unpaired) electrons. The number of hydrogen-bond acceptors (Lipinski definition) is 1. The Hall–Kier alpha value is 0.239. The van der Waals surface area contributed by atoms with Gasteiger partial charge in [0.15, 0.2) is 0 Å². The van der Waals surface area contributed by atoms with Crippen LogP contribution in [0.15, 0.2) is 21.8 Å². The number of allylic oxidation sites excluding steroid dienone is 3. The molecule has 0 fully saturated rings. The Bertz CT molecular complexity index is 322. The molecule has 0 heterocycles. The molecule has 0 bridgehead atoms. The van der Waals surface area contributed by atoms with Gasteiger partial charge in [-0.2, -0.15) is 0 Å². The number of aliphatic hydroxyl groups excluding tert-OH is 1. The SMILES string of the molecule is CCCC/C=C\[C](=C/C(C)O)[Sn]([CH2]CCC)([CH2]CCC)[CH2]CCC. The quantitative estimate of drug-likeness (QED) is 0.159. The van der Waals surface area contributed by atoms with Crippen molar-refractivity contribution in [3.63, 3.8) is 0 Å². The van der Waals surface area contributed by atoms with E-state index < -0.39 is 18.4 Å². The van der Waals surface area contributed by atoms with Gasteiger partial charge in [-0.1, -0.05) is 0 Å². The second-order valence-electron chi connectivity index (χ2n) is 7.50. The third-order valence-corrected chi connectivity index (χ3v) is 20.8. The Balaban J connectivity index is 5.57. The van der Waals surface area contributed by atoms with Crippen molar-refractivity contribution in [1.82, 2.24) is 0 Å². The average molecular weight is 443 g/mol. The molecule has 1 N–H and O–H groups in total. The first-order chi connectivity index (χ1) is 11.6. The Morgan fingerprint density at radius 3 is 1.67 bits per heavy atom. The van der Waals surface area contributed by atoms with Crippen LogP contribution in [0.5, 0.6) is 0 Å². The molecular formula is C22H44OSn. The molecule has 0 aromatic heterocycles. The van der Waals surface area contributed by atoms with Crippen LogP contribution in [-0.2, 0) is 0 Å². The summed E-state index contributed by atoms with van der Waals surface area (Å²) in [6.07, 6.45) is 18.5. The van der Waals surface area contributed by atoms with Gasteiger partial charge in [-0.25, -0.2) is 0 Å². The molecule has 1 unspecified atom stereocenters. The summed E-state index contributed by atoms with van der Waals surface area (Å²) < 4.78 is 6.04. The van der Waals surface area contributed by atoms with Gasteiger partial charge in [0.05, 0.1) is 0 Å². The van der Waals surface area contributed by atoms with Crippen molar-refractivity contribution < 1.29 is 5.11 Å². The van der Waals surface area contributed by atoms with Gasteiger partial charge in [0, 0.05) is 0 Å². The van der Waals surface area contributed by atoms with E-state index in [0.717, 1.165) is 0 Å². The molecule has 0 amide bonds. The summed E-state index contributed by atoms with van der Waals surface area (Å²) in [4.78, 5) is 0. The molecular weight excluding hydrogens is 399 g/mol. The van der Waals surface area contributed by atoms with Crippen LogP contribution in [-0.4, -0.2) is 29.6 Å². The third kappa shape index (κ3) is 10.3. The van der Waals surface area contributed by atoms with Crippen molar-refractivity contribution in [3.05, 3.63) is 21.8 Å². The molecule has 2 heteroatoms. The number of aliphatic hydroxyl groups is 1. The van der Waals surface area contributed by atoms with Crippen molar-refractivity contribution in [2.24, 2.45) is 0 Å². The summed E-state index contributed by atoms with van der Waals surface area (Å²) in [5, 5.41) is 10.1.